The van der Waals surface area contributed by atoms with Gasteiger partial charge in [-0.2, -0.15) is 0 Å². The molecule has 112 valence electrons. The lowest BCUT2D eigenvalue weighted by Gasteiger charge is -2.43. The predicted molar refractivity (Wildman–Crippen MR) is 87.6 cm³/mol. The lowest BCUT2D eigenvalue weighted by molar-refractivity contribution is 0.0956. The Kier molecular flexibility index (Phi) is 4.21. The summed E-state index contributed by atoms with van der Waals surface area (Å²) in [5.74, 6) is 0. The van der Waals surface area contributed by atoms with Crippen LogP contribution in [-0.4, -0.2) is 36.1 Å². The number of hydrogen-bond acceptors (Lipinski definition) is 3. The van der Waals surface area contributed by atoms with Gasteiger partial charge in [-0.05, 0) is 43.7 Å². The average Bonchev–Trinajstić information content (AvgIpc) is 2.99. The highest BCUT2D eigenvalue weighted by Crippen LogP contribution is 2.39. The largest absolute Gasteiger partial charge is 0.314 e. The topological polar surface area (TPSA) is 15.3 Å². The molecule has 2 nitrogen and oxygen atoms in total. The molecule has 3 heteroatoms. The van der Waals surface area contributed by atoms with E-state index in [1.165, 1.54) is 37.1 Å². The van der Waals surface area contributed by atoms with Gasteiger partial charge in [0, 0.05) is 35.0 Å². The van der Waals surface area contributed by atoms with Crippen molar-refractivity contribution in [2.24, 2.45) is 0 Å². The van der Waals surface area contributed by atoms with Gasteiger partial charge in [0.05, 0.1) is 0 Å². The molecule has 20 heavy (non-hydrogen) atoms. The Balaban J connectivity index is 1.67. The predicted octanol–water partition coefficient (Wildman–Crippen LogP) is 3.63. The molecule has 0 radical (unpaired) electrons. The smallest absolute Gasteiger partial charge is 0.0118 e. The standard InChI is InChI=1S/C17H28N2S/c1-4-18-13-10-14-7-8-15(11-13)19(14)12-17(2,3)16-6-5-9-20-16/h5-6,9,13-15,18H,4,7-8,10-12H2,1-3H3. The number of hydrogen-bond donors (Lipinski definition) is 1. The summed E-state index contributed by atoms with van der Waals surface area (Å²) >= 11 is 1.91. The van der Waals surface area contributed by atoms with Crippen LogP contribution in [0.1, 0.15) is 51.3 Å². The fraction of sp³-hybridized carbons (Fsp3) is 0.765. The van der Waals surface area contributed by atoms with E-state index >= 15 is 0 Å². The van der Waals surface area contributed by atoms with E-state index < -0.39 is 0 Å². The van der Waals surface area contributed by atoms with Crippen LogP contribution in [0, 0.1) is 0 Å². The second-order valence-corrected chi connectivity index (χ2v) is 8.09. The number of thiophene rings is 1. The van der Waals surface area contributed by atoms with Crippen molar-refractivity contribution >= 4 is 11.3 Å². The third-order valence-corrected chi connectivity index (χ3v) is 6.38. The van der Waals surface area contributed by atoms with E-state index in [9.17, 15) is 0 Å². The highest BCUT2D eigenvalue weighted by Gasteiger charge is 2.42. The lowest BCUT2D eigenvalue weighted by Crippen LogP contribution is -2.52. The summed E-state index contributed by atoms with van der Waals surface area (Å²) in [7, 11) is 0. The summed E-state index contributed by atoms with van der Waals surface area (Å²) in [6, 6.07) is 6.89. The first-order valence-corrected chi connectivity index (χ1v) is 9.01. The van der Waals surface area contributed by atoms with Crippen molar-refractivity contribution in [2.45, 2.75) is 70.0 Å². The molecule has 2 aliphatic rings. The van der Waals surface area contributed by atoms with Crippen LogP contribution >= 0.6 is 11.3 Å². The SMILES string of the molecule is CCNC1CC2CCC(C1)N2CC(C)(C)c1cccs1. The summed E-state index contributed by atoms with van der Waals surface area (Å²) < 4.78 is 0. The Hall–Kier alpha value is -0.380. The van der Waals surface area contributed by atoms with E-state index in [1.54, 1.807) is 0 Å². The molecule has 2 unspecified atom stereocenters. The van der Waals surface area contributed by atoms with Gasteiger partial charge in [0.25, 0.3) is 0 Å². The highest BCUT2D eigenvalue weighted by molar-refractivity contribution is 7.10. The molecule has 2 bridgehead atoms. The first-order valence-electron chi connectivity index (χ1n) is 8.13. The van der Waals surface area contributed by atoms with E-state index in [4.69, 9.17) is 0 Å². The molecular weight excluding hydrogens is 264 g/mol. The molecule has 1 aromatic rings. The van der Waals surface area contributed by atoms with Crippen LogP contribution in [0.25, 0.3) is 0 Å². The second kappa shape index (κ2) is 5.78. The van der Waals surface area contributed by atoms with E-state index in [0.29, 0.717) is 5.41 Å². The van der Waals surface area contributed by atoms with Crippen molar-refractivity contribution in [1.82, 2.24) is 10.2 Å². The minimum atomic E-state index is 0.292. The van der Waals surface area contributed by atoms with Crippen LogP contribution < -0.4 is 5.32 Å². The Morgan fingerprint density at radius 3 is 2.55 bits per heavy atom. The molecule has 0 saturated carbocycles. The quantitative estimate of drug-likeness (QED) is 0.891. The minimum Gasteiger partial charge on any atom is -0.314 e. The third kappa shape index (κ3) is 2.81. The van der Waals surface area contributed by atoms with Crippen LogP contribution in [-0.2, 0) is 5.41 Å². The van der Waals surface area contributed by atoms with Crippen molar-refractivity contribution in [3.05, 3.63) is 22.4 Å². The van der Waals surface area contributed by atoms with Crippen molar-refractivity contribution < 1.29 is 0 Å². The molecule has 3 rings (SSSR count). The molecule has 0 aliphatic carbocycles. The maximum absolute atomic E-state index is 3.67. The zero-order valence-corrected chi connectivity index (χ0v) is 13.9. The van der Waals surface area contributed by atoms with Crippen LogP contribution in [0.3, 0.4) is 0 Å². The van der Waals surface area contributed by atoms with Gasteiger partial charge in [-0.1, -0.05) is 26.8 Å². The Morgan fingerprint density at radius 1 is 1.30 bits per heavy atom. The van der Waals surface area contributed by atoms with Gasteiger partial charge in [0.1, 0.15) is 0 Å². The lowest BCUT2D eigenvalue weighted by atomic mass is 9.87. The third-order valence-electron chi connectivity index (χ3n) is 5.14. The van der Waals surface area contributed by atoms with E-state index in [1.807, 2.05) is 11.3 Å². The van der Waals surface area contributed by atoms with Crippen molar-refractivity contribution in [1.29, 1.82) is 0 Å². The van der Waals surface area contributed by atoms with Gasteiger partial charge in [0.15, 0.2) is 0 Å². The van der Waals surface area contributed by atoms with Gasteiger partial charge >= 0.3 is 0 Å². The molecule has 2 atom stereocenters. The molecular formula is C17H28N2S. The second-order valence-electron chi connectivity index (χ2n) is 7.14. The molecule has 3 heterocycles. The van der Waals surface area contributed by atoms with E-state index in [-0.39, 0.29) is 0 Å². The number of nitrogens with zero attached hydrogens (tertiary/aromatic N) is 1. The maximum Gasteiger partial charge on any atom is 0.0118 e. The fourth-order valence-corrected chi connectivity index (χ4v) is 5.03. The Morgan fingerprint density at radius 2 is 2.00 bits per heavy atom. The molecule has 0 spiro atoms. The van der Waals surface area contributed by atoms with Crippen molar-refractivity contribution in [3.8, 4) is 0 Å². The highest BCUT2D eigenvalue weighted by atomic mass is 32.1. The first kappa shape index (κ1) is 14.6. The summed E-state index contributed by atoms with van der Waals surface area (Å²) in [5.41, 5.74) is 0.292. The Labute approximate surface area is 127 Å². The first-order chi connectivity index (χ1) is 9.60. The van der Waals surface area contributed by atoms with E-state index in [2.05, 4.69) is 48.5 Å². The van der Waals surface area contributed by atoms with Crippen LogP contribution in [0.2, 0.25) is 0 Å². The number of nitrogens with one attached hydrogen (secondary N) is 1. The van der Waals surface area contributed by atoms with Gasteiger partial charge in [-0.15, -0.1) is 11.3 Å². The van der Waals surface area contributed by atoms with Gasteiger partial charge in [0.2, 0.25) is 0 Å². The van der Waals surface area contributed by atoms with Crippen molar-refractivity contribution in [3.63, 3.8) is 0 Å². The molecule has 1 N–H and O–H groups in total. The summed E-state index contributed by atoms with van der Waals surface area (Å²) in [5, 5.41) is 5.88. The number of piperidine rings is 1. The zero-order chi connectivity index (χ0) is 14.2. The Bertz CT molecular complexity index is 412. The monoisotopic (exact) mass is 292 g/mol. The fourth-order valence-electron chi connectivity index (χ4n) is 4.19. The number of fused-ring (bicyclic) bond motifs is 2. The van der Waals surface area contributed by atoms with Crippen LogP contribution in [0.15, 0.2) is 17.5 Å². The summed E-state index contributed by atoms with van der Waals surface area (Å²) in [6.07, 6.45) is 5.52. The van der Waals surface area contributed by atoms with Crippen LogP contribution in [0.4, 0.5) is 0 Å². The van der Waals surface area contributed by atoms with Crippen molar-refractivity contribution in [2.75, 3.05) is 13.1 Å². The summed E-state index contributed by atoms with van der Waals surface area (Å²) in [6.45, 7) is 9.39. The normalized spacial score (nSPS) is 30.9. The molecule has 0 aromatic carbocycles. The van der Waals surface area contributed by atoms with Gasteiger partial charge in [-0.25, -0.2) is 0 Å². The summed E-state index contributed by atoms with van der Waals surface area (Å²) in [4.78, 5) is 4.36. The molecule has 2 saturated heterocycles. The zero-order valence-electron chi connectivity index (χ0n) is 13.1. The maximum atomic E-state index is 3.67. The molecule has 1 aromatic heterocycles. The molecule has 0 amide bonds. The molecule has 2 aliphatic heterocycles. The van der Waals surface area contributed by atoms with Gasteiger partial charge in [-0.3, -0.25) is 4.90 Å². The molecule has 2 fully saturated rings. The average molecular weight is 292 g/mol. The number of rotatable bonds is 5. The minimum absolute atomic E-state index is 0.292. The van der Waals surface area contributed by atoms with Gasteiger partial charge < -0.3 is 5.32 Å². The van der Waals surface area contributed by atoms with E-state index in [0.717, 1.165) is 24.7 Å². The van der Waals surface area contributed by atoms with Crippen LogP contribution in [0.5, 0.6) is 0 Å².